The van der Waals surface area contributed by atoms with Crippen LogP contribution in [0.25, 0.3) is 11.3 Å². The van der Waals surface area contributed by atoms with Crippen LogP contribution in [0.15, 0.2) is 42.9 Å². The number of nitrogens with one attached hydrogen (secondary N) is 1. The fourth-order valence-corrected chi connectivity index (χ4v) is 4.20. The van der Waals surface area contributed by atoms with E-state index in [0.717, 1.165) is 22.6 Å². The van der Waals surface area contributed by atoms with E-state index < -0.39 is 5.82 Å². The smallest absolute Gasteiger partial charge is 0.271 e. The molecule has 4 aromatic rings. The number of fused-ring (bicyclic) bond motifs is 1. The molecule has 1 N–H and O–H groups in total. The summed E-state index contributed by atoms with van der Waals surface area (Å²) in [7, 11) is 1.83. The maximum Gasteiger partial charge on any atom is 0.271 e. The number of pyridine rings is 1. The van der Waals surface area contributed by atoms with Crippen LogP contribution in [0.5, 0.6) is 0 Å². The van der Waals surface area contributed by atoms with Gasteiger partial charge in [-0.1, -0.05) is 0 Å². The minimum atomic E-state index is -0.405. The molecule has 0 radical (unpaired) electrons. The number of anilines is 2. The quantitative estimate of drug-likeness (QED) is 0.489. The van der Waals surface area contributed by atoms with Crippen molar-refractivity contribution in [2.75, 3.05) is 5.32 Å². The second-order valence-corrected chi connectivity index (χ2v) is 8.62. The first-order valence-corrected chi connectivity index (χ1v) is 11.0. The van der Waals surface area contributed by atoms with Crippen molar-refractivity contribution in [3.63, 3.8) is 0 Å². The lowest BCUT2D eigenvalue weighted by Crippen LogP contribution is -2.45. The lowest BCUT2D eigenvalue weighted by atomic mass is 10.1. The Bertz CT molecular complexity index is 1390. The molecule has 0 fully saturated rings. The summed E-state index contributed by atoms with van der Waals surface area (Å²) in [4.78, 5) is 28.4. The lowest BCUT2D eigenvalue weighted by molar-refractivity contribution is 0.0590. The molecule has 0 unspecified atom stereocenters. The Labute approximate surface area is 196 Å². The van der Waals surface area contributed by atoms with Crippen LogP contribution in [-0.4, -0.2) is 46.1 Å². The molecular weight excluding hydrogens is 435 g/mol. The third-order valence-electron chi connectivity index (χ3n) is 6.05. The zero-order valence-electron chi connectivity index (χ0n) is 19.4. The maximum atomic E-state index is 14.3. The number of hydrogen-bond donors (Lipinski definition) is 1. The molecule has 1 atom stereocenters. The van der Waals surface area contributed by atoms with Crippen molar-refractivity contribution in [2.24, 2.45) is 7.05 Å². The molecule has 4 aromatic heterocycles. The molecule has 1 aliphatic heterocycles. The van der Waals surface area contributed by atoms with Gasteiger partial charge in [0.05, 0.1) is 24.1 Å². The molecule has 0 aromatic carbocycles. The van der Waals surface area contributed by atoms with Crippen LogP contribution in [-0.2, 0) is 20.1 Å². The molecule has 0 bridgehead atoms. The molecule has 0 saturated carbocycles. The highest BCUT2D eigenvalue weighted by Crippen LogP contribution is 2.29. The molecule has 9 nitrogen and oxygen atoms in total. The van der Waals surface area contributed by atoms with E-state index in [-0.39, 0.29) is 24.2 Å². The first-order chi connectivity index (χ1) is 16.3. The first kappa shape index (κ1) is 21.7. The highest BCUT2D eigenvalue weighted by molar-refractivity contribution is 5.95. The number of rotatable bonds is 5. The Morgan fingerprint density at radius 3 is 2.79 bits per heavy atom. The van der Waals surface area contributed by atoms with Crippen LogP contribution >= 0.6 is 0 Å². The van der Waals surface area contributed by atoms with Crippen molar-refractivity contribution in [1.82, 2.24) is 34.2 Å². The van der Waals surface area contributed by atoms with Crippen molar-refractivity contribution in [2.45, 2.75) is 39.9 Å². The minimum absolute atomic E-state index is 0.115. The number of carbonyl (C=O) groups is 1. The number of halogens is 1. The van der Waals surface area contributed by atoms with Gasteiger partial charge in [-0.05, 0) is 44.5 Å². The fraction of sp³-hybridized carbons (Fsp3) is 0.292. The van der Waals surface area contributed by atoms with E-state index in [1.165, 1.54) is 6.07 Å². The molecule has 5 heterocycles. The van der Waals surface area contributed by atoms with Gasteiger partial charge >= 0.3 is 0 Å². The summed E-state index contributed by atoms with van der Waals surface area (Å²) in [6.45, 7) is 6.42. The number of hydrogen-bond acceptors (Lipinski definition) is 6. The Morgan fingerprint density at radius 1 is 1.21 bits per heavy atom. The standard InChI is InChI=1S/C24H25FN8O/c1-14-10-26-24(29-21-7-8-27-31(21)4)30-22(14)17-9-20-23(34)33(16(3)11-32(20)12-17)13-19-18(25)6-5-15(2)28-19/h5-10,12,16H,11,13H2,1-4H3,(H,26,29,30)/t16-/m0/s1. The lowest BCUT2D eigenvalue weighted by Gasteiger charge is -2.34. The van der Waals surface area contributed by atoms with Gasteiger partial charge in [-0.15, -0.1) is 0 Å². The predicted octanol–water partition coefficient (Wildman–Crippen LogP) is 3.62. The molecule has 0 aliphatic carbocycles. The van der Waals surface area contributed by atoms with Crippen LogP contribution in [0.2, 0.25) is 0 Å². The summed E-state index contributed by atoms with van der Waals surface area (Å²) in [6, 6.07) is 6.58. The third kappa shape index (κ3) is 3.91. The Morgan fingerprint density at radius 2 is 2.03 bits per heavy atom. The zero-order valence-corrected chi connectivity index (χ0v) is 19.4. The number of aryl methyl sites for hydroxylation is 3. The Hall–Kier alpha value is -4.08. The molecule has 10 heteroatoms. The molecule has 1 aliphatic rings. The van der Waals surface area contributed by atoms with E-state index in [2.05, 4.69) is 20.4 Å². The Balaban J connectivity index is 1.45. The van der Waals surface area contributed by atoms with E-state index in [1.807, 2.05) is 50.7 Å². The normalized spacial score (nSPS) is 15.5. The van der Waals surface area contributed by atoms with Crippen LogP contribution < -0.4 is 5.32 Å². The van der Waals surface area contributed by atoms with E-state index in [9.17, 15) is 9.18 Å². The monoisotopic (exact) mass is 460 g/mol. The number of carbonyl (C=O) groups excluding carboxylic acids is 1. The van der Waals surface area contributed by atoms with Gasteiger partial charge in [-0.2, -0.15) is 5.10 Å². The van der Waals surface area contributed by atoms with Crippen LogP contribution in [0.3, 0.4) is 0 Å². The molecular formula is C24H25FN8O. The zero-order chi connectivity index (χ0) is 24.0. The van der Waals surface area contributed by atoms with Crippen LogP contribution in [0.1, 0.15) is 34.4 Å². The van der Waals surface area contributed by atoms with Gasteiger partial charge < -0.3 is 14.8 Å². The minimum Gasteiger partial charge on any atom is -0.341 e. The summed E-state index contributed by atoms with van der Waals surface area (Å²) in [5, 5.41) is 7.31. The maximum absolute atomic E-state index is 14.3. The molecule has 5 rings (SSSR count). The average Bonchev–Trinajstić information content (AvgIpc) is 3.41. The molecule has 34 heavy (non-hydrogen) atoms. The summed E-state index contributed by atoms with van der Waals surface area (Å²) in [5.74, 6) is 0.642. The topological polar surface area (TPSA) is 93.8 Å². The third-order valence-corrected chi connectivity index (χ3v) is 6.05. The van der Waals surface area contributed by atoms with Crippen molar-refractivity contribution in [1.29, 1.82) is 0 Å². The van der Waals surface area contributed by atoms with E-state index in [0.29, 0.717) is 23.9 Å². The number of nitrogens with zero attached hydrogens (tertiary/aromatic N) is 7. The SMILES string of the molecule is Cc1ccc(F)c(CN2C(=O)c3cc(-c4nc(Nc5ccnn5C)ncc4C)cn3C[C@@H]2C)n1. The van der Waals surface area contributed by atoms with Gasteiger partial charge in [0, 0.05) is 49.4 Å². The number of amides is 1. The molecule has 0 saturated heterocycles. The highest BCUT2D eigenvalue weighted by Gasteiger charge is 2.32. The summed E-state index contributed by atoms with van der Waals surface area (Å²) in [5.41, 5.74) is 3.99. The van der Waals surface area contributed by atoms with Gasteiger partial charge in [0.25, 0.3) is 5.91 Å². The van der Waals surface area contributed by atoms with Gasteiger partial charge in [0.2, 0.25) is 5.95 Å². The molecule has 0 spiro atoms. The summed E-state index contributed by atoms with van der Waals surface area (Å²) in [6.07, 6.45) is 5.38. The van der Waals surface area contributed by atoms with E-state index in [1.54, 1.807) is 28.0 Å². The molecule has 174 valence electrons. The highest BCUT2D eigenvalue weighted by atomic mass is 19.1. The van der Waals surface area contributed by atoms with Crippen molar-refractivity contribution in [3.8, 4) is 11.3 Å². The van der Waals surface area contributed by atoms with Gasteiger partial charge in [-0.25, -0.2) is 14.4 Å². The fourth-order valence-electron chi connectivity index (χ4n) is 4.20. The largest absolute Gasteiger partial charge is 0.341 e. The number of aromatic nitrogens is 6. The van der Waals surface area contributed by atoms with E-state index >= 15 is 0 Å². The van der Waals surface area contributed by atoms with Gasteiger partial charge in [0.1, 0.15) is 17.3 Å². The van der Waals surface area contributed by atoms with E-state index in [4.69, 9.17) is 4.98 Å². The van der Waals surface area contributed by atoms with Crippen LogP contribution in [0, 0.1) is 19.7 Å². The first-order valence-electron chi connectivity index (χ1n) is 11.0. The van der Waals surface area contributed by atoms with Crippen LogP contribution in [0.4, 0.5) is 16.2 Å². The second kappa shape index (κ2) is 8.36. The average molecular weight is 461 g/mol. The predicted molar refractivity (Wildman–Crippen MR) is 125 cm³/mol. The second-order valence-electron chi connectivity index (χ2n) is 8.62. The van der Waals surface area contributed by atoms with Gasteiger partial charge in [-0.3, -0.25) is 14.5 Å². The van der Waals surface area contributed by atoms with Crippen molar-refractivity contribution in [3.05, 3.63) is 71.3 Å². The van der Waals surface area contributed by atoms with Gasteiger partial charge in [0.15, 0.2) is 0 Å². The van der Waals surface area contributed by atoms with Crippen molar-refractivity contribution < 1.29 is 9.18 Å². The van der Waals surface area contributed by atoms with Crippen molar-refractivity contribution >= 4 is 17.7 Å². The Kier molecular flexibility index (Phi) is 5.35. The summed E-state index contributed by atoms with van der Waals surface area (Å²) >= 11 is 0. The summed E-state index contributed by atoms with van der Waals surface area (Å²) < 4.78 is 17.9. The molecule has 1 amide bonds.